The van der Waals surface area contributed by atoms with Crippen molar-refractivity contribution >= 4 is 0 Å². The molecule has 0 aromatic carbocycles. The summed E-state index contributed by atoms with van der Waals surface area (Å²) >= 11 is 0. The second kappa shape index (κ2) is 6.47. The fourth-order valence-corrected chi connectivity index (χ4v) is 1.46. The Balaban J connectivity index is 2.32. The van der Waals surface area contributed by atoms with Crippen LogP contribution in [-0.2, 0) is 18.2 Å². The molecule has 6 nitrogen and oxygen atoms in total. The molecule has 1 rings (SSSR count). The molecule has 1 heterocycles. The summed E-state index contributed by atoms with van der Waals surface area (Å²) in [6, 6.07) is 0.365. The quantitative estimate of drug-likeness (QED) is 0.677. The first kappa shape index (κ1) is 12.1. The van der Waals surface area contributed by atoms with Gasteiger partial charge < -0.3 is 10.1 Å². The number of aromatic nitrogens is 4. The largest absolute Gasteiger partial charge is 0.383 e. The van der Waals surface area contributed by atoms with Gasteiger partial charge in [-0.05, 0) is 18.2 Å². The third-order valence-corrected chi connectivity index (χ3v) is 2.13. The third-order valence-electron chi connectivity index (χ3n) is 2.13. The minimum atomic E-state index is 0.365. The molecule has 6 heteroatoms. The molecule has 1 unspecified atom stereocenters. The zero-order valence-corrected chi connectivity index (χ0v) is 9.60. The summed E-state index contributed by atoms with van der Waals surface area (Å²) in [5.74, 6) is 0.788. The van der Waals surface area contributed by atoms with Gasteiger partial charge in [0, 0.05) is 19.6 Å². The van der Waals surface area contributed by atoms with E-state index in [9.17, 15) is 0 Å². The maximum atomic E-state index is 5.13. The van der Waals surface area contributed by atoms with E-state index in [-0.39, 0.29) is 0 Å². The van der Waals surface area contributed by atoms with Crippen molar-refractivity contribution in [3.63, 3.8) is 0 Å². The van der Waals surface area contributed by atoms with E-state index < -0.39 is 0 Å². The van der Waals surface area contributed by atoms with Gasteiger partial charge in [0.25, 0.3) is 0 Å². The van der Waals surface area contributed by atoms with E-state index in [1.165, 1.54) is 4.80 Å². The lowest BCUT2D eigenvalue weighted by Crippen LogP contribution is -2.33. The first-order valence-corrected chi connectivity index (χ1v) is 5.21. The normalized spacial score (nSPS) is 13.0. The summed E-state index contributed by atoms with van der Waals surface area (Å²) in [5, 5.41) is 15.2. The van der Waals surface area contributed by atoms with Crippen LogP contribution in [-0.4, -0.2) is 46.5 Å². The van der Waals surface area contributed by atoms with E-state index >= 15 is 0 Å². The van der Waals surface area contributed by atoms with Crippen molar-refractivity contribution in [3.8, 4) is 0 Å². The number of hydrogen-bond acceptors (Lipinski definition) is 5. The molecule has 0 aliphatic rings. The highest BCUT2D eigenvalue weighted by Crippen LogP contribution is 1.99. The van der Waals surface area contributed by atoms with Crippen LogP contribution in [0.25, 0.3) is 0 Å². The zero-order chi connectivity index (χ0) is 11.1. The SMILES string of the molecule is CCNC(CCc1nnn(C)n1)COC. The lowest BCUT2D eigenvalue weighted by molar-refractivity contribution is 0.163. The van der Waals surface area contributed by atoms with E-state index in [0.717, 1.165) is 25.2 Å². The number of rotatable bonds is 7. The minimum Gasteiger partial charge on any atom is -0.383 e. The molecule has 0 spiro atoms. The molecule has 0 radical (unpaired) electrons. The van der Waals surface area contributed by atoms with E-state index in [2.05, 4.69) is 27.7 Å². The Morgan fingerprint density at radius 1 is 1.53 bits per heavy atom. The molecular formula is C9H19N5O. The number of hydrogen-bond donors (Lipinski definition) is 1. The fraction of sp³-hybridized carbons (Fsp3) is 0.889. The van der Waals surface area contributed by atoms with Crippen LogP contribution in [0.1, 0.15) is 19.2 Å². The second-order valence-electron chi connectivity index (χ2n) is 3.44. The first-order chi connectivity index (χ1) is 7.26. The van der Waals surface area contributed by atoms with Crippen LogP contribution in [0.3, 0.4) is 0 Å². The van der Waals surface area contributed by atoms with Crippen molar-refractivity contribution in [2.45, 2.75) is 25.8 Å². The van der Waals surface area contributed by atoms with Crippen molar-refractivity contribution in [3.05, 3.63) is 5.82 Å². The Labute approximate surface area is 90.0 Å². The Morgan fingerprint density at radius 2 is 2.33 bits per heavy atom. The van der Waals surface area contributed by atoms with Crippen molar-refractivity contribution < 1.29 is 4.74 Å². The molecule has 0 saturated carbocycles. The summed E-state index contributed by atoms with van der Waals surface area (Å²) in [6.07, 6.45) is 1.79. The molecule has 0 aliphatic heterocycles. The summed E-state index contributed by atoms with van der Waals surface area (Å²) in [5.41, 5.74) is 0. The maximum absolute atomic E-state index is 5.13. The molecule has 0 aliphatic carbocycles. The molecule has 1 aromatic rings. The average Bonchev–Trinajstić information content (AvgIpc) is 2.61. The van der Waals surface area contributed by atoms with Crippen molar-refractivity contribution in [1.82, 2.24) is 25.5 Å². The lowest BCUT2D eigenvalue weighted by Gasteiger charge is -2.15. The number of nitrogens with zero attached hydrogens (tertiary/aromatic N) is 4. The molecule has 1 aromatic heterocycles. The number of methoxy groups -OCH3 is 1. The van der Waals surface area contributed by atoms with Gasteiger partial charge in [-0.1, -0.05) is 6.92 Å². The summed E-state index contributed by atoms with van der Waals surface area (Å²) < 4.78 is 5.13. The highest BCUT2D eigenvalue weighted by Gasteiger charge is 2.09. The Hall–Kier alpha value is -1.01. The minimum absolute atomic E-state index is 0.365. The van der Waals surface area contributed by atoms with Gasteiger partial charge in [0.2, 0.25) is 0 Å². The van der Waals surface area contributed by atoms with Crippen LogP contribution in [0.2, 0.25) is 0 Å². The maximum Gasteiger partial charge on any atom is 0.174 e. The first-order valence-electron chi connectivity index (χ1n) is 5.21. The number of nitrogens with one attached hydrogen (secondary N) is 1. The molecule has 0 fully saturated rings. The molecule has 86 valence electrons. The van der Waals surface area contributed by atoms with Crippen LogP contribution in [0, 0.1) is 0 Å². The predicted octanol–water partition coefficient (Wildman–Crippen LogP) is -0.233. The molecular weight excluding hydrogens is 194 g/mol. The monoisotopic (exact) mass is 213 g/mol. The van der Waals surface area contributed by atoms with Gasteiger partial charge in [-0.2, -0.15) is 4.80 Å². The molecule has 0 bridgehead atoms. The third kappa shape index (κ3) is 4.35. The van der Waals surface area contributed by atoms with E-state index in [1.807, 2.05) is 0 Å². The van der Waals surface area contributed by atoms with Crippen molar-refractivity contribution in [1.29, 1.82) is 0 Å². The highest BCUT2D eigenvalue weighted by molar-refractivity contribution is 4.80. The highest BCUT2D eigenvalue weighted by atomic mass is 16.5. The smallest absolute Gasteiger partial charge is 0.174 e. The summed E-state index contributed by atoms with van der Waals surface area (Å²) in [4.78, 5) is 1.48. The lowest BCUT2D eigenvalue weighted by atomic mass is 10.1. The zero-order valence-electron chi connectivity index (χ0n) is 9.60. The molecule has 15 heavy (non-hydrogen) atoms. The predicted molar refractivity (Wildman–Crippen MR) is 56.5 cm³/mol. The Bertz CT molecular complexity index is 269. The Kier molecular flexibility index (Phi) is 5.20. The topological polar surface area (TPSA) is 64.9 Å². The van der Waals surface area contributed by atoms with Gasteiger partial charge in [0.15, 0.2) is 5.82 Å². The van der Waals surface area contributed by atoms with Crippen molar-refractivity contribution in [2.24, 2.45) is 7.05 Å². The molecule has 1 N–H and O–H groups in total. The van der Waals surface area contributed by atoms with Crippen LogP contribution in [0.5, 0.6) is 0 Å². The van der Waals surface area contributed by atoms with Gasteiger partial charge in [0.05, 0.1) is 13.7 Å². The van der Waals surface area contributed by atoms with Crippen LogP contribution in [0.4, 0.5) is 0 Å². The molecule has 0 amide bonds. The fourth-order valence-electron chi connectivity index (χ4n) is 1.46. The number of tetrazole rings is 1. The summed E-state index contributed by atoms with van der Waals surface area (Å²) in [7, 11) is 3.48. The van der Waals surface area contributed by atoms with Crippen LogP contribution < -0.4 is 5.32 Å². The molecule has 0 saturated heterocycles. The van der Waals surface area contributed by atoms with Gasteiger partial charge in [-0.25, -0.2) is 0 Å². The standard InChI is InChI=1S/C9H19N5O/c1-4-10-8(7-15-3)5-6-9-11-13-14(2)12-9/h8,10H,4-7H2,1-3H3. The van der Waals surface area contributed by atoms with Gasteiger partial charge in [0.1, 0.15) is 0 Å². The van der Waals surface area contributed by atoms with Gasteiger partial charge >= 0.3 is 0 Å². The molecule has 1 atom stereocenters. The van der Waals surface area contributed by atoms with E-state index in [1.54, 1.807) is 14.2 Å². The van der Waals surface area contributed by atoms with Crippen molar-refractivity contribution in [2.75, 3.05) is 20.3 Å². The average molecular weight is 213 g/mol. The van der Waals surface area contributed by atoms with Gasteiger partial charge in [-0.15, -0.1) is 10.2 Å². The van der Waals surface area contributed by atoms with E-state index in [4.69, 9.17) is 4.74 Å². The number of aryl methyl sites for hydroxylation is 2. The van der Waals surface area contributed by atoms with Crippen LogP contribution in [0.15, 0.2) is 0 Å². The number of ether oxygens (including phenoxy) is 1. The number of likely N-dealkylation sites (N-methyl/N-ethyl adjacent to an activating group) is 1. The second-order valence-corrected chi connectivity index (χ2v) is 3.44. The summed E-state index contributed by atoms with van der Waals surface area (Å²) in [6.45, 7) is 3.75. The van der Waals surface area contributed by atoms with E-state index in [0.29, 0.717) is 12.6 Å². The van der Waals surface area contributed by atoms with Gasteiger partial charge in [-0.3, -0.25) is 0 Å². The van der Waals surface area contributed by atoms with Crippen LogP contribution >= 0.6 is 0 Å². The Morgan fingerprint density at radius 3 is 2.87 bits per heavy atom.